The molecule has 15 heavy (non-hydrogen) atoms. The van der Waals surface area contributed by atoms with Crippen LogP contribution in [-0.2, 0) is 6.54 Å². The van der Waals surface area contributed by atoms with E-state index >= 15 is 0 Å². The van der Waals surface area contributed by atoms with E-state index in [9.17, 15) is 0 Å². The van der Waals surface area contributed by atoms with Gasteiger partial charge >= 0.3 is 0 Å². The topological polar surface area (TPSA) is 28.2 Å². The molecule has 3 nitrogen and oxygen atoms in total. The molecular weight excluding hydrogens is 210 g/mol. The zero-order valence-corrected chi connectivity index (χ0v) is 9.83. The molecule has 0 spiro atoms. The van der Waals surface area contributed by atoms with Gasteiger partial charge in [0, 0.05) is 25.3 Å². The number of halogens is 1. The molecule has 1 aliphatic heterocycles. The molecule has 1 saturated heterocycles. The quantitative estimate of drug-likeness (QED) is 0.844. The molecule has 4 heteroatoms. The lowest BCUT2D eigenvalue weighted by Crippen LogP contribution is -2.33. The summed E-state index contributed by atoms with van der Waals surface area (Å²) in [5.74, 6) is 0. The summed E-state index contributed by atoms with van der Waals surface area (Å²) >= 11 is 0. The fourth-order valence-electron chi connectivity index (χ4n) is 1.89. The molecule has 0 saturated carbocycles. The summed E-state index contributed by atoms with van der Waals surface area (Å²) in [6, 6.07) is 6.76. The molecule has 1 aliphatic rings. The standard InChI is InChI=1S/C11H17N3.ClH/c1-14(11-5-7-12-8-11)9-10-4-2-3-6-13-10;/h2-4,6,11-12H,5,7-9H2,1H3;1H. The van der Waals surface area contributed by atoms with Crippen LogP contribution in [0.1, 0.15) is 12.1 Å². The normalized spacial score (nSPS) is 20.3. The van der Waals surface area contributed by atoms with Gasteiger partial charge in [-0.1, -0.05) is 6.07 Å². The predicted octanol–water partition coefficient (Wildman–Crippen LogP) is 1.30. The van der Waals surface area contributed by atoms with E-state index in [0.717, 1.165) is 25.3 Å². The smallest absolute Gasteiger partial charge is 0.0543 e. The van der Waals surface area contributed by atoms with Crippen molar-refractivity contribution in [3.05, 3.63) is 30.1 Å². The summed E-state index contributed by atoms with van der Waals surface area (Å²) in [5.41, 5.74) is 1.15. The third kappa shape index (κ3) is 3.45. The van der Waals surface area contributed by atoms with E-state index in [1.54, 1.807) is 0 Å². The summed E-state index contributed by atoms with van der Waals surface area (Å²) in [4.78, 5) is 6.71. The van der Waals surface area contributed by atoms with E-state index in [2.05, 4.69) is 28.3 Å². The number of rotatable bonds is 3. The van der Waals surface area contributed by atoms with Gasteiger partial charge in [0.1, 0.15) is 0 Å². The van der Waals surface area contributed by atoms with Crippen molar-refractivity contribution in [2.75, 3.05) is 20.1 Å². The second-order valence-electron chi connectivity index (χ2n) is 3.88. The third-order valence-corrected chi connectivity index (χ3v) is 2.80. The van der Waals surface area contributed by atoms with Crippen LogP contribution in [0.5, 0.6) is 0 Å². The van der Waals surface area contributed by atoms with Crippen molar-refractivity contribution >= 4 is 12.4 Å². The zero-order chi connectivity index (χ0) is 9.80. The number of nitrogens with one attached hydrogen (secondary N) is 1. The minimum Gasteiger partial charge on any atom is -0.315 e. The first kappa shape index (κ1) is 12.4. The molecule has 1 atom stereocenters. The van der Waals surface area contributed by atoms with Crippen molar-refractivity contribution in [3.63, 3.8) is 0 Å². The first-order valence-electron chi connectivity index (χ1n) is 5.17. The van der Waals surface area contributed by atoms with Gasteiger partial charge in [-0.05, 0) is 32.1 Å². The molecule has 1 aromatic heterocycles. The Hall–Kier alpha value is -0.640. The van der Waals surface area contributed by atoms with Crippen LogP contribution in [0.25, 0.3) is 0 Å². The Bertz CT molecular complexity index is 272. The van der Waals surface area contributed by atoms with Crippen molar-refractivity contribution < 1.29 is 0 Å². The van der Waals surface area contributed by atoms with Crippen LogP contribution in [0, 0.1) is 0 Å². The first-order chi connectivity index (χ1) is 6.86. The van der Waals surface area contributed by atoms with E-state index < -0.39 is 0 Å². The monoisotopic (exact) mass is 227 g/mol. The fraction of sp³-hybridized carbons (Fsp3) is 0.545. The van der Waals surface area contributed by atoms with Crippen molar-refractivity contribution in [1.29, 1.82) is 0 Å². The van der Waals surface area contributed by atoms with Gasteiger partial charge in [-0.15, -0.1) is 12.4 Å². The van der Waals surface area contributed by atoms with Gasteiger partial charge in [0.2, 0.25) is 0 Å². The highest BCUT2D eigenvalue weighted by Crippen LogP contribution is 2.09. The van der Waals surface area contributed by atoms with Crippen LogP contribution in [0.4, 0.5) is 0 Å². The summed E-state index contributed by atoms with van der Waals surface area (Å²) in [5, 5.41) is 3.38. The molecule has 0 amide bonds. The van der Waals surface area contributed by atoms with Crippen molar-refractivity contribution in [1.82, 2.24) is 15.2 Å². The highest BCUT2D eigenvalue weighted by atomic mass is 35.5. The molecule has 0 aromatic carbocycles. The van der Waals surface area contributed by atoms with Gasteiger partial charge in [0.25, 0.3) is 0 Å². The Morgan fingerprint density at radius 3 is 3.00 bits per heavy atom. The molecule has 1 aromatic rings. The summed E-state index contributed by atoms with van der Waals surface area (Å²) in [7, 11) is 2.17. The predicted molar refractivity (Wildman–Crippen MR) is 64.2 cm³/mol. The lowest BCUT2D eigenvalue weighted by molar-refractivity contribution is 0.246. The molecule has 84 valence electrons. The molecule has 0 radical (unpaired) electrons. The van der Waals surface area contributed by atoms with E-state index in [-0.39, 0.29) is 12.4 Å². The second-order valence-corrected chi connectivity index (χ2v) is 3.88. The van der Waals surface area contributed by atoms with Gasteiger partial charge < -0.3 is 5.32 Å². The highest BCUT2D eigenvalue weighted by Gasteiger charge is 2.18. The molecule has 1 unspecified atom stereocenters. The lowest BCUT2D eigenvalue weighted by Gasteiger charge is -2.22. The van der Waals surface area contributed by atoms with E-state index in [1.807, 2.05) is 18.3 Å². The van der Waals surface area contributed by atoms with Crippen molar-refractivity contribution in [3.8, 4) is 0 Å². The second kappa shape index (κ2) is 6.05. The summed E-state index contributed by atoms with van der Waals surface area (Å²) < 4.78 is 0. The van der Waals surface area contributed by atoms with Gasteiger partial charge in [-0.3, -0.25) is 9.88 Å². The Kier molecular flexibility index (Phi) is 5.02. The summed E-state index contributed by atoms with van der Waals surface area (Å²) in [6.07, 6.45) is 3.11. The molecule has 2 heterocycles. The molecule has 0 bridgehead atoms. The SMILES string of the molecule is CN(Cc1ccccn1)C1CCNC1.Cl. The molecule has 0 aliphatic carbocycles. The Labute approximate surface area is 97.3 Å². The Balaban J connectivity index is 0.00000112. The number of hydrogen-bond donors (Lipinski definition) is 1. The first-order valence-corrected chi connectivity index (χ1v) is 5.17. The minimum atomic E-state index is 0. The number of nitrogens with zero attached hydrogens (tertiary/aromatic N) is 2. The number of likely N-dealkylation sites (N-methyl/N-ethyl adjacent to an activating group) is 1. The Morgan fingerprint density at radius 1 is 1.53 bits per heavy atom. The van der Waals surface area contributed by atoms with Crippen LogP contribution >= 0.6 is 12.4 Å². The maximum Gasteiger partial charge on any atom is 0.0543 e. The van der Waals surface area contributed by atoms with E-state index in [0.29, 0.717) is 6.04 Å². The van der Waals surface area contributed by atoms with E-state index in [1.165, 1.54) is 6.42 Å². The molecule has 1 fully saturated rings. The number of aromatic nitrogens is 1. The van der Waals surface area contributed by atoms with E-state index in [4.69, 9.17) is 0 Å². The average Bonchev–Trinajstić information content (AvgIpc) is 2.72. The van der Waals surface area contributed by atoms with Crippen LogP contribution in [0.2, 0.25) is 0 Å². The maximum atomic E-state index is 4.33. The van der Waals surface area contributed by atoms with Gasteiger partial charge in [-0.2, -0.15) is 0 Å². The fourth-order valence-corrected chi connectivity index (χ4v) is 1.89. The number of hydrogen-bond acceptors (Lipinski definition) is 3. The van der Waals surface area contributed by atoms with Crippen molar-refractivity contribution in [2.24, 2.45) is 0 Å². The molecule has 2 rings (SSSR count). The van der Waals surface area contributed by atoms with Crippen LogP contribution in [0.15, 0.2) is 24.4 Å². The number of pyridine rings is 1. The zero-order valence-electron chi connectivity index (χ0n) is 9.02. The molecule has 1 N–H and O–H groups in total. The minimum absolute atomic E-state index is 0. The van der Waals surface area contributed by atoms with Gasteiger partial charge in [0.15, 0.2) is 0 Å². The van der Waals surface area contributed by atoms with Crippen LogP contribution in [-0.4, -0.2) is 36.1 Å². The maximum absolute atomic E-state index is 4.33. The lowest BCUT2D eigenvalue weighted by atomic mass is 10.2. The highest BCUT2D eigenvalue weighted by molar-refractivity contribution is 5.85. The Morgan fingerprint density at radius 2 is 2.40 bits per heavy atom. The van der Waals surface area contributed by atoms with Gasteiger partial charge in [0.05, 0.1) is 5.69 Å². The average molecular weight is 228 g/mol. The van der Waals surface area contributed by atoms with Gasteiger partial charge in [-0.25, -0.2) is 0 Å². The third-order valence-electron chi connectivity index (χ3n) is 2.80. The summed E-state index contributed by atoms with van der Waals surface area (Å²) in [6.45, 7) is 3.22. The molecular formula is C11H18ClN3. The van der Waals surface area contributed by atoms with Crippen LogP contribution < -0.4 is 5.32 Å². The largest absolute Gasteiger partial charge is 0.315 e. The van der Waals surface area contributed by atoms with Crippen LogP contribution in [0.3, 0.4) is 0 Å². The van der Waals surface area contributed by atoms with Crippen molar-refractivity contribution in [2.45, 2.75) is 19.0 Å².